The van der Waals surface area contributed by atoms with Crippen LogP contribution in [-0.4, -0.2) is 31.7 Å². The van der Waals surface area contributed by atoms with E-state index < -0.39 is 15.9 Å². The fourth-order valence-electron chi connectivity index (χ4n) is 2.95. The smallest absolute Gasteiger partial charge is 0.210 e. The monoisotopic (exact) mass is 431 g/mol. The zero-order valence-corrected chi connectivity index (χ0v) is 17.2. The quantitative estimate of drug-likeness (QED) is 0.473. The van der Waals surface area contributed by atoms with E-state index in [1.807, 2.05) is 6.07 Å². The van der Waals surface area contributed by atoms with Gasteiger partial charge >= 0.3 is 0 Å². The second-order valence-corrected chi connectivity index (χ2v) is 8.99. The van der Waals surface area contributed by atoms with Gasteiger partial charge in [-0.2, -0.15) is 0 Å². The number of aromatic hydroxyl groups is 1. The number of aliphatic hydroxyl groups excluding tert-OH is 1. The number of rotatable bonds is 8. The standard InChI is InChI=1S/C22H22ClNO4S/c23-18-5-3-4-17(14-18)21(26)15-24-13-12-16-8-10-19(11-9-16)29(27,28)22-7-2-1-6-20(22)25/h1-11,14,21,24-26H,12-13,15H2. The lowest BCUT2D eigenvalue weighted by Gasteiger charge is -2.13. The highest BCUT2D eigenvalue weighted by Crippen LogP contribution is 2.28. The third-order valence-electron chi connectivity index (χ3n) is 4.55. The number of hydrogen-bond acceptors (Lipinski definition) is 5. The molecule has 3 N–H and O–H groups in total. The number of para-hydroxylation sites is 1. The summed E-state index contributed by atoms with van der Waals surface area (Å²) >= 11 is 5.93. The number of hydrogen-bond donors (Lipinski definition) is 3. The van der Waals surface area contributed by atoms with Crippen LogP contribution in [0.15, 0.2) is 82.6 Å². The molecule has 5 nitrogen and oxygen atoms in total. The van der Waals surface area contributed by atoms with E-state index in [1.54, 1.807) is 42.5 Å². The van der Waals surface area contributed by atoms with Gasteiger partial charge in [-0.15, -0.1) is 0 Å². The summed E-state index contributed by atoms with van der Waals surface area (Å²) < 4.78 is 25.3. The van der Waals surface area contributed by atoms with Crippen molar-refractivity contribution in [1.82, 2.24) is 5.32 Å². The molecule has 3 aromatic carbocycles. The Morgan fingerprint density at radius 2 is 1.69 bits per heavy atom. The number of sulfone groups is 1. The SMILES string of the molecule is O=S(=O)(c1ccc(CCNCC(O)c2cccc(Cl)c2)cc1)c1ccccc1O. The van der Waals surface area contributed by atoms with Gasteiger partial charge in [0.2, 0.25) is 9.84 Å². The maximum absolute atomic E-state index is 12.7. The Labute approximate surface area is 175 Å². The van der Waals surface area contributed by atoms with E-state index in [9.17, 15) is 18.6 Å². The molecule has 29 heavy (non-hydrogen) atoms. The predicted octanol–water partition coefficient (Wildman–Crippen LogP) is 3.74. The van der Waals surface area contributed by atoms with Gasteiger partial charge in [0.1, 0.15) is 10.6 Å². The van der Waals surface area contributed by atoms with Crippen LogP contribution in [0.2, 0.25) is 5.02 Å². The first-order chi connectivity index (χ1) is 13.9. The van der Waals surface area contributed by atoms with Crippen LogP contribution in [0.4, 0.5) is 0 Å². The van der Waals surface area contributed by atoms with Crippen LogP contribution < -0.4 is 5.32 Å². The highest BCUT2D eigenvalue weighted by molar-refractivity contribution is 7.91. The van der Waals surface area contributed by atoms with Gasteiger partial charge in [-0.05, 0) is 60.5 Å². The van der Waals surface area contributed by atoms with Gasteiger partial charge in [0.05, 0.1) is 11.0 Å². The molecule has 0 aliphatic carbocycles. The van der Waals surface area contributed by atoms with Gasteiger partial charge in [0, 0.05) is 11.6 Å². The summed E-state index contributed by atoms with van der Waals surface area (Å²) in [6.07, 6.45) is 0.0268. The van der Waals surface area contributed by atoms with Gasteiger partial charge in [-0.1, -0.05) is 48.0 Å². The molecule has 0 aliphatic heterocycles. The third-order valence-corrected chi connectivity index (χ3v) is 6.60. The first kappa shape index (κ1) is 21.3. The zero-order chi connectivity index (χ0) is 20.9. The molecule has 152 valence electrons. The first-order valence-corrected chi connectivity index (χ1v) is 11.0. The molecule has 0 bridgehead atoms. The molecule has 1 unspecified atom stereocenters. The Bertz CT molecular complexity index is 1070. The van der Waals surface area contributed by atoms with Crippen molar-refractivity contribution in [2.45, 2.75) is 22.3 Å². The second kappa shape index (κ2) is 9.41. The van der Waals surface area contributed by atoms with Gasteiger partial charge in [-0.3, -0.25) is 0 Å². The van der Waals surface area contributed by atoms with Crippen LogP contribution in [-0.2, 0) is 16.3 Å². The molecule has 1 atom stereocenters. The lowest BCUT2D eigenvalue weighted by Crippen LogP contribution is -2.23. The average Bonchev–Trinajstić information content (AvgIpc) is 2.71. The van der Waals surface area contributed by atoms with Crippen molar-refractivity contribution in [1.29, 1.82) is 0 Å². The van der Waals surface area contributed by atoms with E-state index >= 15 is 0 Å². The van der Waals surface area contributed by atoms with Crippen LogP contribution in [0.5, 0.6) is 5.75 Å². The molecule has 3 aromatic rings. The van der Waals surface area contributed by atoms with Gasteiger partial charge in [0.25, 0.3) is 0 Å². The molecule has 0 aromatic heterocycles. The second-order valence-electron chi connectivity index (χ2n) is 6.64. The molecule has 0 fully saturated rings. The molecular formula is C22H22ClNO4S. The molecule has 7 heteroatoms. The molecule has 0 saturated heterocycles. The zero-order valence-electron chi connectivity index (χ0n) is 15.6. The van der Waals surface area contributed by atoms with E-state index in [4.69, 9.17) is 11.6 Å². The molecule has 0 heterocycles. The van der Waals surface area contributed by atoms with Crippen LogP contribution >= 0.6 is 11.6 Å². The van der Waals surface area contributed by atoms with E-state index in [0.29, 0.717) is 24.5 Å². The number of aliphatic hydroxyl groups is 1. The number of nitrogens with one attached hydrogen (secondary N) is 1. The third kappa shape index (κ3) is 5.36. The van der Waals surface area contributed by atoms with Crippen molar-refractivity contribution in [3.8, 4) is 5.75 Å². The normalized spacial score (nSPS) is 12.6. The van der Waals surface area contributed by atoms with Crippen LogP contribution in [0, 0.1) is 0 Å². The van der Waals surface area contributed by atoms with Gasteiger partial charge in [0.15, 0.2) is 0 Å². The first-order valence-electron chi connectivity index (χ1n) is 9.14. The number of benzene rings is 3. The minimum absolute atomic E-state index is 0.107. The van der Waals surface area contributed by atoms with Crippen molar-refractivity contribution < 1.29 is 18.6 Å². The molecule has 0 spiro atoms. The largest absolute Gasteiger partial charge is 0.507 e. The van der Waals surface area contributed by atoms with E-state index in [-0.39, 0.29) is 15.5 Å². The topological polar surface area (TPSA) is 86.6 Å². The number of phenols is 1. The fraction of sp³-hybridized carbons (Fsp3) is 0.182. The average molecular weight is 432 g/mol. The van der Waals surface area contributed by atoms with Crippen molar-refractivity contribution in [2.75, 3.05) is 13.1 Å². The van der Waals surface area contributed by atoms with Crippen LogP contribution in [0.25, 0.3) is 0 Å². The summed E-state index contributed by atoms with van der Waals surface area (Å²) in [4.78, 5) is 0.0245. The Hall–Kier alpha value is -2.38. The number of phenolic OH excluding ortho intramolecular Hbond substituents is 1. The molecule has 3 rings (SSSR count). The Morgan fingerprint density at radius 3 is 2.38 bits per heavy atom. The van der Waals surface area contributed by atoms with Crippen molar-refractivity contribution in [3.63, 3.8) is 0 Å². The maximum atomic E-state index is 12.7. The minimum atomic E-state index is -3.77. The van der Waals surface area contributed by atoms with Crippen molar-refractivity contribution in [3.05, 3.63) is 88.9 Å². The van der Waals surface area contributed by atoms with E-state index in [1.165, 1.54) is 24.3 Å². The summed E-state index contributed by atoms with van der Waals surface area (Å²) in [5, 5.41) is 23.8. The summed E-state index contributed by atoms with van der Waals surface area (Å²) in [5.41, 5.74) is 1.72. The summed E-state index contributed by atoms with van der Waals surface area (Å²) in [5.74, 6) is -0.265. The van der Waals surface area contributed by atoms with E-state index in [2.05, 4.69) is 5.32 Å². The Morgan fingerprint density at radius 1 is 0.966 bits per heavy atom. The Balaban J connectivity index is 1.55. The predicted molar refractivity (Wildman–Crippen MR) is 113 cm³/mol. The highest BCUT2D eigenvalue weighted by atomic mass is 35.5. The van der Waals surface area contributed by atoms with Crippen molar-refractivity contribution in [2.24, 2.45) is 0 Å². The Kier molecular flexibility index (Phi) is 6.92. The lowest BCUT2D eigenvalue weighted by atomic mass is 10.1. The van der Waals surface area contributed by atoms with E-state index in [0.717, 1.165) is 11.1 Å². The molecule has 0 saturated carbocycles. The van der Waals surface area contributed by atoms with Crippen LogP contribution in [0.3, 0.4) is 0 Å². The molecule has 0 amide bonds. The maximum Gasteiger partial charge on any atom is 0.210 e. The summed E-state index contributed by atoms with van der Waals surface area (Å²) in [6, 6.07) is 19.6. The lowest BCUT2D eigenvalue weighted by molar-refractivity contribution is 0.175. The minimum Gasteiger partial charge on any atom is -0.507 e. The summed E-state index contributed by atoms with van der Waals surface area (Å²) in [6.45, 7) is 1.02. The fourth-order valence-corrected chi connectivity index (χ4v) is 4.50. The van der Waals surface area contributed by atoms with Gasteiger partial charge in [-0.25, -0.2) is 8.42 Å². The summed E-state index contributed by atoms with van der Waals surface area (Å²) in [7, 11) is -3.77. The van der Waals surface area contributed by atoms with Crippen molar-refractivity contribution >= 4 is 21.4 Å². The molecular weight excluding hydrogens is 410 g/mol. The molecule has 0 aliphatic rings. The highest BCUT2D eigenvalue weighted by Gasteiger charge is 2.20. The van der Waals surface area contributed by atoms with Gasteiger partial charge < -0.3 is 15.5 Å². The van der Waals surface area contributed by atoms with Crippen LogP contribution in [0.1, 0.15) is 17.2 Å². The molecule has 0 radical (unpaired) electrons. The number of halogens is 1.